The summed E-state index contributed by atoms with van der Waals surface area (Å²) in [6.07, 6.45) is 21.7. The third kappa shape index (κ3) is 13.5. The van der Waals surface area contributed by atoms with Crippen LogP contribution in [0, 0.1) is 0 Å². The lowest BCUT2D eigenvalue weighted by molar-refractivity contribution is 0.451. The third-order valence-electron chi connectivity index (χ3n) is 8.05. The van der Waals surface area contributed by atoms with Crippen LogP contribution >= 0.6 is 11.3 Å². The Morgan fingerprint density at radius 3 is 1.11 bits per heavy atom. The van der Waals surface area contributed by atoms with Gasteiger partial charge in [-0.05, 0) is 61.1 Å². The Morgan fingerprint density at radius 1 is 0.467 bits per heavy atom. The summed E-state index contributed by atoms with van der Waals surface area (Å²) < 4.78 is 62.7. The summed E-state index contributed by atoms with van der Waals surface area (Å²) >= 11 is 1.10. The average molecular weight is 677 g/mol. The Kier molecular flexibility index (Phi) is 16.5. The van der Waals surface area contributed by atoms with E-state index in [4.69, 9.17) is 8.37 Å². The van der Waals surface area contributed by atoms with Crippen molar-refractivity contribution in [1.29, 1.82) is 0 Å². The molecule has 0 radical (unpaired) electrons. The Balaban J connectivity index is 1.48. The van der Waals surface area contributed by atoms with E-state index in [2.05, 4.69) is 13.8 Å². The highest BCUT2D eigenvalue weighted by Crippen LogP contribution is 2.36. The van der Waals surface area contributed by atoms with Crippen LogP contribution in [0.3, 0.4) is 0 Å². The van der Waals surface area contributed by atoms with E-state index in [1.807, 2.05) is 24.3 Å². The first kappa shape index (κ1) is 37.1. The summed E-state index contributed by atoms with van der Waals surface area (Å²) in [6.45, 7) is 4.45. The number of hydrogen-bond acceptors (Lipinski definition) is 7. The minimum Gasteiger partial charge on any atom is -0.374 e. The number of rotatable bonds is 24. The van der Waals surface area contributed by atoms with Gasteiger partial charge < -0.3 is 8.37 Å². The first-order chi connectivity index (χ1) is 21.7. The number of thiophene rings is 1. The molecular weight excluding hydrogens is 625 g/mol. The van der Waals surface area contributed by atoms with Crippen molar-refractivity contribution < 1.29 is 25.2 Å². The van der Waals surface area contributed by atoms with Gasteiger partial charge in [-0.15, -0.1) is 11.3 Å². The second-order valence-electron chi connectivity index (χ2n) is 11.9. The largest absolute Gasteiger partial charge is 0.374 e. The topological polar surface area (TPSA) is 86.7 Å². The molecule has 0 amide bonds. The molecule has 3 aromatic rings. The number of hydrogen-bond donors (Lipinski definition) is 0. The van der Waals surface area contributed by atoms with Crippen LogP contribution in [0.2, 0.25) is 0 Å². The van der Waals surface area contributed by atoms with Gasteiger partial charge in [-0.2, -0.15) is 16.8 Å². The van der Waals surface area contributed by atoms with Crippen molar-refractivity contribution in [3.63, 3.8) is 0 Å². The van der Waals surface area contributed by atoms with Crippen LogP contribution in [0.15, 0.2) is 69.1 Å². The summed E-state index contributed by atoms with van der Waals surface area (Å²) in [7, 11) is -8.35. The molecule has 0 aliphatic carbocycles. The average Bonchev–Trinajstić information content (AvgIpc) is 3.45. The zero-order chi connectivity index (χ0) is 32.4. The van der Waals surface area contributed by atoms with E-state index in [0.717, 1.165) is 48.1 Å². The van der Waals surface area contributed by atoms with Crippen LogP contribution in [0.5, 0.6) is 11.5 Å². The molecule has 2 aromatic carbocycles. The van der Waals surface area contributed by atoms with Crippen LogP contribution in [0.25, 0.3) is 0 Å². The molecule has 6 nitrogen and oxygen atoms in total. The molecule has 0 spiro atoms. The zero-order valence-electron chi connectivity index (χ0n) is 27.2. The summed E-state index contributed by atoms with van der Waals surface area (Å²) in [6, 6.07) is 13.4. The maximum Gasteiger partial charge on any atom is 0.339 e. The van der Waals surface area contributed by atoms with Crippen molar-refractivity contribution in [3.8, 4) is 11.5 Å². The van der Waals surface area contributed by atoms with Crippen molar-refractivity contribution in [3.05, 3.63) is 70.4 Å². The molecule has 0 bridgehead atoms. The van der Waals surface area contributed by atoms with E-state index >= 15 is 0 Å². The predicted molar refractivity (Wildman–Crippen MR) is 185 cm³/mol. The van der Waals surface area contributed by atoms with E-state index in [0.29, 0.717) is 0 Å². The van der Waals surface area contributed by atoms with E-state index in [1.165, 1.54) is 125 Å². The van der Waals surface area contributed by atoms with Crippen LogP contribution in [-0.2, 0) is 33.1 Å². The molecule has 0 atom stereocenters. The lowest BCUT2D eigenvalue weighted by atomic mass is 10.0. The Morgan fingerprint density at radius 2 is 0.778 bits per heavy atom. The minimum atomic E-state index is -4.18. The van der Waals surface area contributed by atoms with Gasteiger partial charge in [-0.25, -0.2) is 0 Å². The van der Waals surface area contributed by atoms with Crippen LogP contribution in [-0.4, -0.2) is 16.8 Å². The van der Waals surface area contributed by atoms with Gasteiger partial charge in [0.2, 0.25) is 0 Å². The quantitative estimate of drug-likeness (QED) is 0.0693. The Hall–Kier alpha value is -2.36. The monoisotopic (exact) mass is 676 g/mol. The van der Waals surface area contributed by atoms with Crippen molar-refractivity contribution in [2.75, 3.05) is 0 Å². The third-order valence-corrected chi connectivity index (χ3v) is 11.3. The molecule has 0 aliphatic rings. The molecule has 0 aliphatic heterocycles. The normalized spacial score (nSPS) is 12.0. The summed E-state index contributed by atoms with van der Waals surface area (Å²) in [5, 5.41) is 2.85. The van der Waals surface area contributed by atoms with Gasteiger partial charge in [0.25, 0.3) is 0 Å². The molecule has 9 heteroatoms. The number of benzene rings is 2. The molecule has 0 N–H and O–H groups in total. The fraction of sp³-hybridized carbons (Fsp3) is 0.556. The second kappa shape index (κ2) is 20.0. The van der Waals surface area contributed by atoms with Gasteiger partial charge in [0.15, 0.2) is 11.5 Å². The molecule has 0 fully saturated rings. The minimum absolute atomic E-state index is 0.00858. The van der Waals surface area contributed by atoms with Crippen molar-refractivity contribution >= 4 is 31.6 Å². The fourth-order valence-electron chi connectivity index (χ4n) is 5.30. The molecule has 45 heavy (non-hydrogen) atoms. The van der Waals surface area contributed by atoms with E-state index < -0.39 is 20.2 Å². The van der Waals surface area contributed by atoms with E-state index in [1.54, 1.807) is 0 Å². The highest BCUT2D eigenvalue weighted by molar-refractivity contribution is 7.87. The lowest BCUT2D eigenvalue weighted by Crippen LogP contribution is -2.13. The first-order valence-corrected chi connectivity index (χ1v) is 20.6. The Bertz CT molecular complexity index is 1330. The molecule has 0 saturated carbocycles. The molecule has 1 aromatic heterocycles. The van der Waals surface area contributed by atoms with Gasteiger partial charge in [-0.3, -0.25) is 0 Å². The van der Waals surface area contributed by atoms with Gasteiger partial charge in [0, 0.05) is 10.8 Å². The van der Waals surface area contributed by atoms with Crippen LogP contribution in [0.4, 0.5) is 0 Å². The molecule has 1 heterocycles. The maximum absolute atomic E-state index is 13.0. The highest BCUT2D eigenvalue weighted by Gasteiger charge is 2.24. The van der Waals surface area contributed by atoms with Crippen molar-refractivity contribution in [1.82, 2.24) is 0 Å². The van der Waals surface area contributed by atoms with Crippen molar-refractivity contribution in [2.24, 2.45) is 0 Å². The summed E-state index contributed by atoms with van der Waals surface area (Å²) in [4.78, 5) is 0.0172. The smallest absolute Gasteiger partial charge is 0.339 e. The molecule has 250 valence electrons. The molecule has 0 unspecified atom stereocenters. The highest BCUT2D eigenvalue weighted by atomic mass is 32.2. The van der Waals surface area contributed by atoms with Gasteiger partial charge in [-0.1, -0.05) is 128 Å². The van der Waals surface area contributed by atoms with Crippen LogP contribution < -0.4 is 8.37 Å². The number of unbranched alkanes of at least 4 members (excludes halogenated alkanes) is 14. The standard InChI is InChI=1S/C36H52O6S3/c1-3-5-7-9-11-13-15-17-19-31-21-25-33(26-22-31)44(37,38)41-35-29-43-30-36(35)42-45(39,40)34-27-23-32(24-28-34)20-18-16-14-12-10-8-6-4-2/h21-30H,3-20H2,1-2H3. The van der Waals surface area contributed by atoms with Crippen LogP contribution in [0.1, 0.15) is 128 Å². The summed E-state index contributed by atoms with van der Waals surface area (Å²) in [5.74, 6) is -0.309. The molecular formula is C36H52O6S3. The van der Waals surface area contributed by atoms with E-state index in [9.17, 15) is 16.8 Å². The zero-order valence-corrected chi connectivity index (χ0v) is 29.6. The van der Waals surface area contributed by atoms with Gasteiger partial charge >= 0.3 is 20.2 Å². The predicted octanol–water partition coefficient (Wildman–Crippen LogP) is 10.6. The second-order valence-corrected chi connectivity index (χ2v) is 15.7. The molecule has 3 rings (SSSR count). The van der Waals surface area contributed by atoms with Gasteiger partial charge in [0.05, 0.1) is 0 Å². The molecule has 0 saturated heterocycles. The Labute approximate surface area is 276 Å². The van der Waals surface area contributed by atoms with Crippen molar-refractivity contribution in [2.45, 2.75) is 139 Å². The fourth-order valence-corrected chi connectivity index (χ4v) is 7.93. The SMILES string of the molecule is CCCCCCCCCCc1ccc(S(=O)(=O)Oc2cscc2OS(=O)(=O)c2ccc(CCCCCCCCCC)cc2)cc1. The first-order valence-electron chi connectivity index (χ1n) is 16.9. The number of aryl methyl sites for hydroxylation is 2. The summed E-state index contributed by atoms with van der Waals surface area (Å²) in [5.41, 5.74) is 2.16. The lowest BCUT2D eigenvalue weighted by Gasteiger charge is -2.10. The maximum atomic E-state index is 13.0. The van der Waals surface area contributed by atoms with E-state index in [-0.39, 0.29) is 21.3 Å². The van der Waals surface area contributed by atoms with Gasteiger partial charge in [0.1, 0.15) is 9.79 Å².